The summed E-state index contributed by atoms with van der Waals surface area (Å²) < 4.78 is 5.69. The molecule has 1 spiro atoms. The molecule has 2 aliphatic carbocycles. The number of amides is 2. The third-order valence-electron chi connectivity index (χ3n) is 8.07. The summed E-state index contributed by atoms with van der Waals surface area (Å²) in [6, 6.07) is 8.02. The number of hydrogen-bond donors (Lipinski definition) is 2. The van der Waals surface area contributed by atoms with Gasteiger partial charge in [-0.1, -0.05) is 24.3 Å². The molecule has 0 unspecified atom stereocenters. The zero-order valence-corrected chi connectivity index (χ0v) is 22.8. The van der Waals surface area contributed by atoms with Gasteiger partial charge in [0.05, 0.1) is 22.5 Å². The minimum atomic E-state index is -0.676. The molecule has 198 valence electrons. The molecule has 38 heavy (non-hydrogen) atoms. The zero-order valence-electron chi connectivity index (χ0n) is 22.8. The topological polar surface area (TPSA) is 114 Å². The highest BCUT2D eigenvalue weighted by Crippen LogP contribution is 2.48. The van der Waals surface area contributed by atoms with Gasteiger partial charge in [-0.3, -0.25) is 4.79 Å². The first-order valence-electron chi connectivity index (χ1n) is 13.4. The van der Waals surface area contributed by atoms with Crippen molar-refractivity contribution in [1.29, 1.82) is 0 Å². The smallest absolute Gasteiger partial charge is 0.417 e. The first-order chi connectivity index (χ1) is 17.9. The van der Waals surface area contributed by atoms with Crippen molar-refractivity contribution in [2.24, 2.45) is 5.73 Å². The first kappa shape index (κ1) is 24.8. The molecule has 3 heterocycles. The second-order valence-corrected chi connectivity index (χ2v) is 12.6. The number of carbonyl (C=O) groups excluding carboxylic acids is 2. The molecule has 8 heteroatoms. The summed E-state index contributed by atoms with van der Waals surface area (Å²) in [7, 11) is 0. The molecule has 1 fully saturated rings. The van der Waals surface area contributed by atoms with Gasteiger partial charge in [0.1, 0.15) is 5.60 Å². The fourth-order valence-electron chi connectivity index (χ4n) is 6.00. The maximum absolute atomic E-state index is 14.0. The van der Waals surface area contributed by atoms with Crippen molar-refractivity contribution in [3.8, 4) is 22.8 Å². The number of carbonyl (C=O) groups is 2. The lowest BCUT2D eigenvalue weighted by Crippen LogP contribution is -2.63. The number of benzene rings is 1. The molecule has 2 amide bonds. The van der Waals surface area contributed by atoms with Crippen molar-refractivity contribution in [3.63, 3.8) is 0 Å². The van der Waals surface area contributed by atoms with Crippen LogP contribution in [0.4, 0.5) is 4.79 Å². The molecule has 1 aliphatic heterocycles. The lowest BCUT2D eigenvalue weighted by Gasteiger charge is -2.51. The van der Waals surface area contributed by atoms with Gasteiger partial charge < -0.3 is 15.5 Å². The van der Waals surface area contributed by atoms with E-state index in [1.54, 1.807) is 0 Å². The Morgan fingerprint density at radius 2 is 1.82 bits per heavy atom. The molecule has 3 aromatic rings. The van der Waals surface area contributed by atoms with E-state index in [9.17, 15) is 9.59 Å². The Morgan fingerprint density at radius 3 is 2.42 bits per heavy atom. The van der Waals surface area contributed by atoms with E-state index < -0.39 is 22.8 Å². The number of rotatable bonds is 2. The molecule has 0 atom stereocenters. The highest BCUT2D eigenvalue weighted by molar-refractivity contribution is 6.08. The predicted molar refractivity (Wildman–Crippen MR) is 145 cm³/mol. The lowest BCUT2D eigenvalue weighted by atomic mass is 9.69. The minimum absolute atomic E-state index is 0.254. The van der Waals surface area contributed by atoms with Crippen LogP contribution < -0.4 is 5.73 Å². The second kappa shape index (κ2) is 8.24. The molecule has 3 N–H and O–H groups in total. The van der Waals surface area contributed by atoms with Gasteiger partial charge in [0, 0.05) is 29.4 Å². The molecule has 0 radical (unpaired) electrons. The van der Waals surface area contributed by atoms with Crippen molar-refractivity contribution in [2.45, 2.75) is 89.8 Å². The van der Waals surface area contributed by atoms with Crippen molar-refractivity contribution in [3.05, 3.63) is 58.4 Å². The number of aromatic amines is 1. The summed E-state index contributed by atoms with van der Waals surface area (Å²) in [5.41, 5.74) is 11.8. The normalized spacial score (nSPS) is 17.9. The van der Waals surface area contributed by atoms with Gasteiger partial charge in [-0.05, 0) is 83.4 Å². The van der Waals surface area contributed by atoms with E-state index in [4.69, 9.17) is 15.5 Å². The number of hydrogen-bond acceptors (Lipinski definition) is 6. The van der Waals surface area contributed by atoms with Crippen LogP contribution in [0.2, 0.25) is 0 Å². The Morgan fingerprint density at radius 1 is 1.11 bits per heavy atom. The second-order valence-electron chi connectivity index (χ2n) is 12.6. The Balaban J connectivity index is 1.40. The monoisotopic (exact) mass is 513 g/mol. The summed E-state index contributed by atoms with van der Waals surface area (Å²) in [6.45, 7) is 9.44. The molecule has 1 aromatic carbocycles. The highest BCUT2D eigenvalue weighted by Gasteiger charge is 2.54. The van der Waals surface area contributed by atoms with Crippen molar-refractivity contribution in [1.82, 2.24) is 19.9 Å². The maximum Gasteiger partial charge on any atom is 0.417 e. The van der Waals surface area contributed by atoms with Crippen molar-refractivity contribution in [2.75, 3.05) is 0 Å². The molecule has 1 saturated carbocycles. The van der Waals surface area contributed by atoms with Crippen LogP contribution in [0, 0.1) is 0 Å². The number of aryl methyl sites for hydroxylation is 1. The minimum Gasteiger partial charge on any atom is -0.443 e. The van der Waals surface area contributed by atoms with E-state index in [0.717, 1.165) is 65.0 Å². The Kier molecular flexibility index (Phi) is 5.38. The molecule has 0 bridgehead atoms. The van der Waals surface area contributed by atoms with Gasteiger partial charge in [-0.25, -0.2) is 19.7 Å². The highest BCUT2D eigenvalue weighted by atomic mass is 16.6. The molecular weight excluding hydrogens is 478 g/mol. The van der Waals surface area contributed by atoms with Gasteiger partial charge in [-0.15, -0.1) is 0 Å². The lowest BCUT2D eigenvalue weighted by molar-refractivity contribution is -0.0214. The fourth-order valence-corrected chi connectivity index (χ4v) is 6.00. The van der Waals surface area contributed by atoms with Gasteiger partial charge in [0.25, 0.3) is 5.91 Å². The summed E-state index contributed by atoms with van der Waals surface area (Å²) >= 11 is 0. The number of ether oxygens (including phenoxy) is 1. The number of H-pyrrole nitrogens is 1. The van der Waals surface area contributed by atoms with Crippen molar-refractivity contribution < 1.29 is 14.3 Å². The van der Waals surface area contributed by atoms with Crippen LogP contribution in [-0.2, 0) is 29.5 Å². The number of aromatic nitrogens is 3. The molecule has 0 saturated heterocycles. The third kappa shape index (κ3) is 3.93. The molecular formula is C30H35N5O3. The quantitative estimate of drug-likeness (QED) is 0.481. The summed E-state index contributed by atoms with van der Waals surface area (Å²) in [4.78, 5) is 41.8. The van der Waals surface area contributed by atoms with Crippen molar-refractivity contribution >= 4 is 12.0 Å². The Labute approximate surface area is 223 Å². The van der Waals surface area contributed by atoms with E-state index in [1.165, 1.54) is 4.90 Å². The molecule has 2 aromatic heterocycles. The van der Waals surface area contributed by atoms with Gasteiger partial charge >= 0.3 is 6.09 Å². The van der Waals surface area contributed by atoms with E-state index in [0.29, 0.717) is 24.2 Å². The van der Waals surface area contributed by atoms with E-state index >= 15 is 0 Å². The number of imide groups is 1. The molecule has 8 nitrogen and oxygen atoms in total. The summed E-state index contributed by atoms with van der Waals surface area (Å²) in [5.74, 6) is 0.373. The fraction of sp³-hybridized carbons (Fsp3) is 0.467. The summed E-state index contributed by atoms with van der Waals surface area (Å²) in [5, 5.41) is 0. The van der Waals surface area contributed by atoms with Crippen LogP contribution >= 0.6 is 0 Å². The average molecular weight is 514 g/mol. The van der Waals surface area contributed by atoms with E-state index in [1.807, 2.05) is 65.1 Å². The maximum atomic E-state index is 14.0. The van der Waals surface area contributed by atoms with Crippen LogP contribution in [0.3, 0.4) is 0 Å². The number of nitrogens with two attached hydrogens (primary N) is 1. The molecule has 3 aliphatic rings. The Hall–Kier alpha value is -3.52. The SMILES string of the molecule is CC(C)(C)OC(=O)N1C(=O)c2c([nH]c3c2CCc2cnc(-c4ccc(C(C)(C)N)cc4)nc2-3)CC12CCC2. The largest absolute Gasteiger partial charge is 0.443 e. The van der Waals surface area contributed by atoms with Gasteiger partial charge in [0.2, 0.25) is 0 Å². The summed E-state index contributed by atoms with van der Waals surface area (Å²) in [6.07, 6.45) is 5.96. The van der Waals surface area contributed by atoms with Gasteiger partial charge in [0.15, 0.2) is 5.82 Å². The third-order valence-corrected chi connectivity index (χ3v) is 8.07. The number of fused-ring (bicyclic) bond motifs is 5. The number of nitrogens with one attached hydrogen (secondary N) is 1. The Bertz CT molecular complexity index is 1450. The zero-order chi connectivity index (χ0) is 27.0. The van der Waals surface area contributed by atoms with Crippen LogP contribution in [0.5, 0.6) is 0 Å². The first-order valence-corrected chi connectivity index (χ1v) is 13.4. The average Bonchev–Trinajstić information content (AvgIpc) is 3.20. The van der Waals surface area contributed by atoms with E-state index in [2.05, 4.69) is 9.97 Å². The standard InChI is InChI=1S/C30H35N5O3/c1-28(2,3)38-27(37)35-26(36)22-20-12-9-18-16-32-25(17-7-10-19(11-8-17)29(4,5)31)34-23(18)24(20)33-21(22)15-30(35)13-6-14-30/h7-8,10-11,16,33H,6,9,12-15,31H2,1-5H3. The van der Waals surface area contributed by atoms with Gasteiger partial charge in [-0.2, -0.15) is 0 Å². The number of nitrogens with zero attached hydrogens (tertiary/aromatic N) is 3. The van der Waals surface area contributed by atoms with Crippen LogP contribution in [0.15, 0.2) is 30.5 Å². The van der Waals surface area contributed by atoms with Crippen LogP contribution in [0.25, 0.3) is 22.8 Å². The van der Waals surface area contributed by atoms with E-state index in [-0.39, 0.29) is 5.91 Å². The predicted octanol–water partition coefficient (Wildman–Crippen LogP) is 5.29. The molecule has 6 rings (SSSR count). The van der Waals surface area contributed by atoms with Crippen LogP contribution in [-0.4, -0.2) is 43.0 Å². The van der Waals surface area contributed by atoms with Crippen LogP contribution in [0.1, 0.15) is 86.6 Å².